The molecule has 26 heavy (non-hydrogen) atoms. The molecule has 10 heteroatoms. The zero-order valence-corrected chi connectivity index (χ0v) is 14.1. The summed E-state index contributed by atoms with van der Waals surface area (Å²) in [5.41, 5.74) is 1.65. The van der Waals surface area contributed by atoms with Crippen LogP contribution in [0.4, 0.5) is 11.4 Å². The predicted octanol–water partition coefficient (Wildman–Crippen LogP) is 2.07. The van der Waals surface area contributed by atoms with E-state index in [1.807, 2.05) is 19.9 Å². The number of non-ortho nitro benzene ring substituents is 1. The van der Waals surface area contributed by atoms with Crippen molar-refractivity contribution in [3.05, 3.63) is 63.7 Å². The van der Waals surface area contributed by atoms with Gasteiger partial charge in [0.2, 0.25) is 0 Å². The maximum Gasteiger partial charge on any atom is 0.276 e. The lowest BCUT2D eigenvalue weighted by Crippen LogP contribution is -2.15. The number of aromatic hydroxyl groups is 1. The molecule has 0 aliphatic heterocycles. The summed E-state index contributed by atoms with van der Waals surface area (Å²) in [5, 5.41) is 31.5. The summed E-state index contributed by atoms with van der Waals surface area (Å²) in [6.07, 6.45) is 1.62. The van der Waals surface area contributed by atoms with Gasteiger partial charge < -0.3 is 10.4 Å². The van der Waals surface area contributed by atoms with Gasteiger partial charge in [-0.05, 0) is 32.0 Å². The van der Waals surface area contributed by atoms with Gasteiger partial charge in [-0.1, -0.05) is 0 Å². The number of nitrogens with zero attached hydrogens (tertiary/aromatic N) is 5. The van der Waals surface area contributed by atoms with Gasteiger partial charge in [-0.2, -0.15) is 10.2 Å². The molecule has 3 aromatic rings. The molecule has 0 bridgehead atoms. The van der Waals surface area contributed by atoms with E-state index in [1.165, 1.54) is 6.07 Å². The third kappa shape index (κ3) is 3.53. The van der Waals surface area contributed by atoms with Gasteiger partial charge in [0.25, 0.3) is 11.6 Å². The number of nitrogens with one attached hydrogen (secondary N) is 1. The van der Waals surface area contributed by atoms with Crippen LogP contribution in [0, 0.1) is 24.0 Å². The molecule has 0 atom stereocenters. The van der Waals surface area contributed by atoms with E-state index in [4.69, 9.17) is 0 Å². The van der Waals surface area contributed by atoms with E-state index in [9.17, 15) is 20.0 Å². The van der Waals surface area contributed by atoms with E-state index in [2.05, 4.69) is 15.5 Å². The molecule has 2 N–H and O–H groups in total. The minimum Gasteiger partial charge on any atom is -0.506 e. The van der Waals surface area contributed by atoms with Crippen molar-refractivity contribution in [2.45, 2.75) is 20.5 Å². The number of nitro groups is 1. The first-order chi connectivity index (χ1) is 12.3. The smallest absolute Gasteiger partial charge is 0.276 e. The number of nitro benzene ring substituents is 1. The number of benzene rings is 1. The summed E-state index contributed by atoms with van der Waals surface area (Å²) in [4.78, 5) is 22.5. The highest BCUT2D eigenvalue weighted by Crippen LogP contribution is 2.28. The Labute approximate surface area is 147 Å². The molecule has 0 fully saturated rings. The monoisotopic (exact) mass is 356 g/mol. The molecule has 2 aromatic heterocycles. The van der Waals surface area contributed by atoms with E-state index >= 15 is 0 Å². The number of hydrogen-bond donors (Lipinski definition) is 2. The number of carbonyl (C=O) groups excluding carboxylic acids is 1. The number of anilines is 1. The first-order valence-electron chi connectivity index (χ1n) is 7.67. The van der Waals surface area contributed by atoms with Crippen molar-refractivity contribution in [3.8, 4) is 5.75 Å². The zero-order valence-electron chi connectivity index (χ0n) is 14.1. The molecule has 1 aromatic carbocycles. The highest BCUT2D eigenvalue weighted by atomic mass is 16.6. The minimum atomic E-state index is -0.613. The van der Waals surface area contributed by atoms with E-state index in [-0.39, 0.29) is 22.8 Å². The summed E-state index contributed by atoms with van der Waals surface area (Å²) in [6, 6.07) is 6.82. The van der Waals surface area contributed by atoms with Crippen LogP contribution in [0.15, 0.2) is 36.5 Å². The molecule has 0 aliphatic rings. The number of phenolic OH excluding ortho intramolecular Hbond substituents is 1. The van der Waals surface area contributed by atoms with Crippen LogP contribution < -0.4 is 5.32 Å². The second-order valence-electron chi connectivity index (χ2n) is 5.72. The van der Waals surface area contributed by atoms with E-state index in [0.29, 0.717) is 6.67 Å². The van der Waals surface area contributed by atoms with Crippen LogP contribution in [0.1, 0.15) is 21.9 Å². The van der Waals surface area contributed by atoms with Crippen molar-refractivity contribution < 1.29 is 14.8 Å². The molecule has 0 saturated carbocycles. The number of hydrogen-bond acceptors (Lipinski definition) is 6. The lowest BCUT2D eigenvalue weighted by atomic mass is 10.2. The van der Waals surface area contributed by atoms with Gasteiger partial charge in [0.1, 0.15) is 12.4 Å². The number of amides is 1. The molecule has 2 heterocycles. The Kier molecular flexibility index (Phi) is 4.40. The van der Waals surface area contributed by atoms with Crippen molar-refractivity contribution in [3.63, 3.8) is 0 Å². The number of carbonyl (C=O) groups is 1. The Morgan fingerprint density at radius 2 is 2.04 bits per heavy atom. The molecule has 0 aliphatic carbocycles. The molecule has 0 radical (unpaired) electrons. The average molecular weight is 356 g/mol. The second-order valence-corrected chi connectivity index (χ2v) is 5.72. The van der Waals surface area contributed by atoms with Gasteiger partial charge >= 0.3 is 0 Å². The normalized spacial score (nSPS) is 10.7. The highest BCUT2D eigenvalue weighted by molar-refractivity contribution is 6.03. The van der Waals surface area contributed by atoms with Crippen LogP contribution in [0.5, 0.6) is 5.75 Å². The second kappa shape index (κ2) is 6.67. The number of aromatic nitrogens is 4. The summed E-state index contributed by atoms with van der Waals surface area (Å²) in [6.45, 7) is 4.15. The maximum absolute atomic E-state index is 12.3. The topological polar surface area (TPSA) is 128 Å². The Bertz CT molecular complexity index is 991. The summed E-state index contributed by atoms with van der Waals surface area (Å²) < 4.78 is 3.29. The number of phenols is 1. The standard InChI is InChI=1S/C16H16N6O4/c1-10-7-11(2)21(18-10)9-20-6-5-13(19-20)16(24)17-14-8-12(22(25)26)3-4-15(14)23/h3-8,23H,9H2,1-2H3,(H,17,24). The van der Waals surface area contributed by atoms with E-state index in [0.717, 1.165) is 29.6 Å². The van der Waals surface area contributed by atoms with Crippen molar-refractivity contribution in [2.75, 3.05) is 5.32 Å². The average Bonchev–Trinajstić information content (AvgIpc) is 3.16. The Morgan fingerprint density at radius 1 is 1.27 bits per heavy atom. The largest absolute Gasteiger partial charge is 0.506 e. The van der Waals surface area contributed by atoms with Crippen LogP contribution in [-0.2, 0) is 6.67 Å². The first kappa shape index (κ1) is 17.1. The SMILES string of the molecule is Cc1cc(C)n(Cn2ccc(C(=O)Nc3cc([N+](=O)[O-])ccc3O)n2)n1. The molecule has 0 spiro atoms. The minimum absolute atomic E-state index is 0.0581. The quantitative estimate of drug-likeness (QED) is 0.409. The lowest BCUT2D eigenvalue weighted by Gasteiger charge is -2.06. The predicted molar refractivity (Wildman–Crippen MR) is 92.0 cm³/mol. The number of rotatable bonds is 5. The molecule has 1 amide bonds. The van der Waals surface area contributed by atoms with Crippen molar-refractivity contribution >= 4 is 17.3 Å². The van der Waals surface area contributed by atoms with Gasteiger partial charge in [-0.15, -0.1) is 0 Å². The van der Waals surface area contributed by atoms with Crippen LogP contribution in [-0.4, -0.2) is 35.5 Å². The summed E-state index contributed by atoms with van der Waals surface area (Å²) in [7, 11) is 0. The van der Waals surface area contributed by atoms with Gasteiger partial charge in [0.15, 0.2) is 5.69 Å². The fourth-order valence-corrected chi connectivity index (χ4v) is 2.44. The highest BCUT2D eigenvalue weighted by Gasteiger charge is 2.15. The van der Waals surface area contributed by atoms with Crippen LogP contribution in [0.3, 0.4) is 0 Å². The maximum atomic E-state index is 12.3. The van der Waals surface area contributed by atoms with Crippen molar-refractivity contribution in [2.24, 2.45) is 0 Å². The third-order valence-electron chi connectivity index (χ3n) is 3.69. The summed E-state index contributed by atoms with van der Waals surface area (Å²) in [5.74, 6) is -0.862. The van der Waals surface area contributed by atoms with E-state index < -0.39 is 10.8 Å². The van der Waals surface area contributed by atoms with Crippen LogP contribution >= 0.6 is 0 Å². The molecular formula is C16H16N6O4. The Balaban J connectivity index is 1.75. The van der Waals surface area contributed by atoms with Gasteiger partial charge in [-0.3, -0.25) is 19.6 Å². The Morgan fingerprint density at radius 3 is 2.69 bits per heavy atom. The van der Waals surface area contributed by atoms with E-state index in [1.54, 1.807) is 15.6 Å². The Hall–Kier alpha value is -3.69. The van der Waals surface area contributed by atoms with Gasteiger partial charge in [-0.25, -0.2) is 4.68 Å². The van der Waals surface area contributed by atoms with Crippen molar-refractivity contribution in [1.82, 2.24) is 19.6 Å². The first-order valence-corrected chi connectivity index (χ1v) is 7.67. The van der Waals surface area contributed by atoms with Crippen molar-refractivity contribution in [1.29, 1.82) is 0 Å². The fourth-order valence-electron chi connectivity index (χ4n) is 2.44. The molecule has 134 valence electrons. The lowest BCUT2D eigenvalue weighted by molar-refractivity contribution is -0.384. The summed E-state index contributed by atoms with van der Waals surface area (Å²) >= 11 is 0. The van der Waals surface area contributed by atoms with Crippen LogP contribution in [0.25, 0.3) is 0 Å². The molecule has 0 saturated heterocycles. The molecule has 3 rings (SSSR count). The fraction of sp³-hybridized carbons (Fsp3) is 0.188. The molecule has 10 nitrogen and oxygen atoms in total. The number of aryl methyl sites for hydroxylation is 2. The van der Waals surface area contributed by atoms with Gasteiger partial charge in [0, 0.05) is 24.0 Å². The third-order valence-corrected chi connectivity index (χ3v) is 3.69. The van der Waals surface area contributed by atoms with Gasteiger partial charge in [0.05, 0.1) is 16.3 Å². The van der Waals surface area contributed by atoms with Crippen LogP contribution in [0.2, 0.25) is 0 Å². The molecular weight excluding hydrogens is 340 g/mol. The zero-order chi connectivity index (χ0) is 18.8. The molecule has 0 unspecified atom stereocenters.